The molecule has 3 aromatic rings. The number of fused-ring (bicyclic) bond motifs is 1. The van der Waals surface area contributed by atoms with E-state index in [1.54, 1.807) is 6.07 Å². The van der Waals surface area contributed by atoms with E-state index < -0.39 is 30.1 Å². The van der Waals surface area contributed by atoms with Crippen molar-refractivity contribution in [3.63, 3.8) is 0 Å². The lowest BCUT2D eigenvalue weighted by atomic mass is 9.99. The molecule has 4 nitrogen and oxygen atoms in total. The number of nitrogens with one attached hydrogen (secondary N) is 1. The van der Waals surface area contributed by atoms with Gasteiger partial charge in [0.1, 0.15) is 11.9 Å². The van der Waals surface area contributed by atoms with Crippen molar-refractivity contribution < 1.29 is 22.8 Å². The van der Waals surface area contributed by atoms with E-state index >= 15 is 0 Å². The van der Waals surface area contributed by atoms with Crippen LogP contribution in [-0.4, -0.2) is 29.7 Å². The number of hydrogen-bond acceptors (Lipinski definition) is 2. The molecule has 3 aromatic carbocycles. The summed E-state index contributed by atoms with van der Waals surface area (Å²) in [6.07, 6.45) is -2.67. The lowest BCUT2D eigenvalue weighted by molar-refractivity contribution is -0.125. The van der Waals surface area contributed by atoms with Crippen LogP contribution in [0, 0.1) is 5.82 Å². The summed E-state index contributed by atoms with van der Waals surface area (Å²) in [4.78, 5) is 27.6. The van der Waals surface area contributed by atoms with Gasteiger partial charge in [-0.1, -0.05) is 66.7 Å². The number of halogens is 3. The van der Waals surface area contributed by atoms with Crippen molar-refractivity contribution in [2.45, 2.75) is 31.9 Å². The van der Waals surface area contributed by atoms with Crippen LogP contribution in [0.3, 0.4) is 0 Å². The number of carbonyl (C=O) groups excluding carboxylic acids is 2. The Morgan fingerprint density at radius 2 is 1.70 bits per heavy atom. The van der Waals surface area contributed by atoms with Crippen molar-refractivity contribution in [2.24, 2.45) is 0 Å². The molecule has 1 heterocycles. The Morgan fingerprint density at radius 1 is 0.970 bits per heavy atom. The van der Waals surface area contributed by atoms with Crippen LogP contribution in [0.5, 0.6) is 0 Å². The van der Waals surface area contributed by atoms with Gasteiger partial charge in [-0.25, -0.2) is 13.2 Å². The average molecular weight is 452 g/mol. The number of alkyl halides is 2. The minimum atomic E-state index is -2.45. The molecule has 170 valence electrons. The van der Waals surface area contributed by atoms with Crippen LogP contribution in [0.15, 0.2) is 72.8 Å². The molecule has 1 aliphatic rings. The van der Waals surface area contributed by atoms with Gasteiger partial charge in [-0.15, -0.1) is 0 Å². The topological polar surface area (TPSA) is 49.4 Å². The Morgan fingerprint density at radius 3 is 2.45 bits per heavy atom. The summed E-state index contributed by atoms with van der Waals surface area (Å²) >= 11 is 0. The monoisotopic (exact) mass is 452 g/mol. The second-order valence-electron chi connectivity index (χ2n) is 7.89. The van der Waals surface area contributed by atoms with Gasteiger partial charge in [-0.05, 0) is 34.7 Å². The van der Waals surface area contributed by atoms with Crippen molar-refractivity contribution >= 4 is 11.8 Å². The van der Waals surface area contributed by atoms with E-state index in [2.05, 4.69) is 5.32 Å². The summed E-state index contributed by atoms with van der Waals surface area (Å²) in [7, 11) is 0. The molecular formula is C26H23F3N2O2. The molecule has 0 bridgehead atoms. The predicted octanol–water partition coefficient (Wildman–Crippen LogP) is 5.35. The molecule has 4 rings (SSSR count). The molecule has 1 unspecified atom stereocenters. The van der Waals surface area contributed by atoms with E-state index in [1.807, 2.05) is 54.6 Å². The fraction of sp³-hybridized carbons (Fsp3) is 0.231. The van der Waals surface area contributed by atoms with E-state index in [0.717, 1.165) is 16.7 Å². The molecule has 1 atom stereocenters. The molecule has 33 heavy (non-hydrogen) atoms. The smallest absolute Gasteiger partial charge is 0.258 e. The van der Waals surface area contributed by atoms with Gasteiger partial charge in [-0.3, -0.25) is 9.59 Å². The SMILES string of the molecule is O=C(NCCCC(F)F)C1c2cccc(F)c2C(=O)N1Cc1ccccc1-c1ccccc1. The molecule has 0 saturated carbocycles. The Balaban J connectivity index is 1.65. The van der Waals surface area contributed by atoms with Crippen LogP contribution in [0.2, 0.25) is 0 Å². The number of amides is 2. The largest absolute Gasteiger partial charge is 0.354 e. The van der Waals surface area contributed by atoms with E-state index in [9.17, 15) is 22.8 Å². The molecule has 2 amide bonds. The van der Waals surface area contributed by atoms with Crippen LogP contribution in [0.25, 0.3) is 11.1 Å². The quantitative estimate of drug-likeness (QED) is 0.469. The summed E-state index contributed by atoms with van der Waals surface area (Å²) in [6.45, 7) is 0.139. The molecule has 1 N–H and O–H groups in total. The Bertz CT molecular complexity index is 1150. The zero-order chi connectivity index (χ0) is 23.4. The number of nitrogens with zero attached hydrogens (tertiary/aromatic N) is 1. The van der Waals surface area contributed by atoms with Crippen LogP contribution in [0.1, 0.15) is 40.4 Å². The number of benzene rings is 3. The molecular weight excluding hydrogens is 429 g/mol. The summed E-state index contributed by atoms with van der Waals surface area (Å²) in [6, 6.07) is 20.3. The highest BCUT2D eigenvalue weighted by Crippen LogP contribution is 2.37. The van der Waals surface area contributed by atoms with Gasteiger partial charge in [0.15, 0.2) is 0 Å². The molecule has 0 aliphatic carbocycles. The van der Waals surface area contributed by atoms with Crippen molar-refractivity contribution in [1.29, 1.82) is 0 Å². The van der Waals surface area contributed by atoms with Gasteiger partial charge in [0.05, 0.1) is 5.56 Å². The minimum absolute atomic E-state index is 0.0486. The van der Waals surface area contributed by atoms with Gasteiger partial charge >= 0.3 is 0 Å². The maximum atomic E-state index is 14.6. The summed E-state index contributed by atoms with van der Waals surface area (Å²) < 4.78 is 39.4. The summed E-state index contributed by atoms with van der Waals surface area (Å²) in [5, 5.41) is 2.63. The molecule has 1 aliphatic heterocycles. The van der Waals surface area contributed by atoms with Gasteiger partial charge in [-0.2, -0.15) is 0 Å². The Labute approximate surface area is 190 Å². The third-order valence-electron chi connectivity index (χ3n) is 5.72. The van der Waals surface area contributed by atoms with Crippen molar-refractivity contribution in [2.75, 3.05) is 6.54 Å². The zero-order valence-electron chi connectivity index (χ0n) is 17.8. The number of rotatable bonds is 8. The summed E-state index contributed by atoms with van der Waals surface area (Å²) in [5.41, 5.74) is 2.82. The highest BCUT2D eigenvalue weighted by Gasteiger charge is 2.42. The zero-order valence-corrected chi connectivity index (χ0v) is 17.8. The standard InChI is InChI=1S/C26H23F3N2O2/c27-21-13-6-12-20-23(21)26(33)31(24(20)25(32)30-15-7-14-22(28)29)16-18-10-4-5-11-19(18)17-8-2-1-3-9-17/h1-6,8-13,22,24H,7,14-16H2,(H,30,32). The van der Waals surface area contributed by atoms with Gasteiger partial charge in [0.2, 0.25) is 12.3 Å². The van der Waals surface area contributed by atoms with Crippen LogP contribution >= 0.6 is 0 Å². The fourth-order valence-electron chi connectivity index (χ4n) is 4.17. The molecule has 0 aromatic heterocycles. The van der Waals surface area contributed by atoms with Gasteiger partial charge < -0.3 is 10.2 Å². The van der Waals surface area contributed by atoms with Crippen molar-refractivity contribution in [3.05, 3.63) is 95.3 Å². The minimum Gasteiger partial charge on any atom is -0.354 e. The maximum Gasteiger partial charge on any atom is 0.258 e. The van der Waals surface area contributed by atoms with Crippen LogP contribution < -0.4 is 5.32 Å². The Hall–Kier alpha value is -3.61. The first-order chi connectivity index (χ1) is 16.0. The molecule has 7 heteroatoms. The van der Waals surface area contributed by atoms with E-state index in [-0.39, 0.29) is 37.1 Å². The third-order valence-corrected chi connectivity index (χ3v) is 5.72. The molecule has 0 spiro atoms. The number of carbonyl (C=O) groups is 2. The number of hydrogen-bond donors (Lipinski definition) is 1. The summed E-state index contributed by atoms with van der Waals surface area (Å²) in [5.74, 6) is -1.77. The van der Waals surface area contributed by atoms with Crippen LogP contribution in [0.4, 0.5) is 13.2 Å². The normalized spacial score (nSPS) is 15.1. The van der Waals surface area contributed by atoms with Crippen molar-refractivity contribution in [1.82, 2.24) is 10.2 Å². The first-order valence-electron chi connectivity index (χ1n) is 10.8. The maximum absolute atomic E-state index is 14.6. The van der Waals surface area contributed by atoms with E-state index in [0.29, 0.717) is 0 Å². The van der Waals surface area contributed by atoms with E-state index in [4.69, 9.17) is 0 Å². The Kier molecular flexibility index (Phi) is 6.77. The second kappa shape index (κ2) is 9.90. The molecule has 0 radical (unpaired) electrons. The second-order valence-corrected chi connectivity index (χ2v) is 7.89. The first kappa shape index (κ1) is 22.6. The average Bonchev–Trinajstić information content (AvgIpc) is 3.10. The lowest BCUT2D eigenvalue weighted by Crippen LogP contribution is -2.39. The van der Waals surface area contributed by atoms with Gasteiger partial charge in [0, 0.05) is 19.5 Å². The molecule has 0 fully saturated rings. The molecule has 0 saturated heterocycles. The lowest BCUT2D eigenvalue weighted by Gasteiger charge is -2.26. The van der Waals surface area contributed by atoms with Gasteiger partial charge in [0.25, 0.3) is 5.91 Å². The highest BCUT2D eigenvalue weighted by molar-refractivity contribution is 6.05. The third kappa shape index (κ3) is 4.77. The first-order valence-corrected chi connectivity index (χ1v) is 10.8. The van der Waals surface area contributed by atoms with E-state index in [1.165, 1.54) is 17.0 Å². The highest BCUT2D eigenvalue weighted by atomic mass is 19.3. The fourth-order valence-corrected chi connectivity index (χ4v) is 4.17. The predicted molar refractivity (Wildman–Crippen MR) is 119 cm³/mol. The van der Waals surface area contributed by atoms with Crippen molar-refractivity contribution in [3.8, 4) is 11.1 Å². The van der Waals surface area contributed by atoms with Crippen LogP contribution in [-0.2, 0) is 11.3 Å².